The Labute approximate surface area is 124 Å². The van der Waals surface area contributed by atoms with Crippen molar-refractivity contribution in [2.75, 3.05) is 11.9 Å². The van der Waals surface area contributed by atoms with Gasteiger partial charge in [0.25, 0.3) is 5.91 Å². The summed E-state index contributed by atoms with van der Waals surface area (Å²) in [5, 5.41) is 15.4. The molecular weight excluding hydrogens is 264 g/mol. The van der Waals surface area contributed by atoms with Crippen molar-refractivity contribution in [3.63, 3.8) is 0 Å². The minimum Gasteiger partial charge on any atom is -0.508 e. The Kier molecular flexibility index (Phi) is 4.95. The van der Waals surface area contributed by atoms with Gasteiger partial charge in [-0.2, -0.15) is 0 Å². The molecule has 0 spiro atoms. The fourth-order valence-electron chi connectivity index (χ4n) is 2.13. The van der Waals surface area contributed by atoms with Crippen LogP contribution in [0.3, 0.4) is 0 Å². The fourth-order valence-corrected chi connectivity index (χ4v) is 2.13. The number of amides is 1. The zero-order chi connectivity index (χ0) is 15.2. The second kappa shape index (κ2) is 6.90. The van der Waals surface area contributed by atoms with E-state index in [0.29, 0.717) is 5.56 Å². The maximum absolute atomic E-state index is 12.1. The van der Waals surface area contributed by atoms with E-state index in [1.807, 2.05) is 24.3 Å². The molecule has 0 aliphatic heterocycles. The van der Waals surface area contributed by atoms with Crippen molar-refractivity contribution < 1.29 is 9.90 Å². The molecule has 110 valence electrons. The Bertz CT molecular complexity index is 608. The first-order chi connectivity index (χ1) is 10.1. The van der Waals surface area contributed by atoms with Gasteiger partial charge in [0.05, 0.1) is 0 Å². The zero-order valence-corrected chi connectivity index (χ0v) is 12.3. The molecule has 1 unspecified atom stereocenters. The SMILES string of the molecule is CCNC(C)c1cccc(NC(=O)c2ccc(O)cc2)c1. The number of carbonyl (C=O) groups excluding carboxylic acids is 1. The zero-order valence-electron chi connectivity index (χ0n) is 12.3. The lowest BCUT2D eigenvalue weighted by molar-refractivity contribution is 0.102. The quantitative estimate of drug-likeness (QED) is 0.789. The van der Waals surface area contributed by atoms with Crippen LogP contribution in [-0.4, -0.2) is 17.6 Å². The van der Waals surface area contributed by atoms with E-state index in [0.717, 1.165) is 17.8 Å². The van der Waals surface area contributed by atoms with Gasteiger partial charge in [0.1, 0.15) is 5.75 Å². The van der Waals surface area contributed by atoms with E-state index in [4.69, 9.17) is 0 Å². The number of hydrogen-bond acceptors (Lipinski definition) is 3. The minimum atomic E-state index is -0.191. The van der Waals surface area contributed by atoms with Crippen LogP contribution in [0.5, 0.6) is 5.75 Å². The van der Waals surface area contributed by atoms with Crippen LogP contribution in [0.2, 0.25) is 0 Å². The maximum Gasteiger partial charge on any atom is 0.255 e. The third-order valence-corrected chi connectivity index (χ3v) is 3.28. The third-order valence-electron chi connectivity index (χ3n) is 3.28. The van der Waals surface area contributed by atoms with Gasteiger partial charge < -0.3 is 15.7 Å². The fraction of sp³-hybridized carbons (Fsp3) is 0.235. The first-order valence-electron chi connectivity index (χ1n) is 7.04. The molecule has 2 rings (SSSR count). The molecule has 0 bridgehead atoms. The standard InChI is InChI=1S/C17H20N2O2/c1-3-18-12(2)14-5-4-6-15(11-14)19-17(21)13-7-9-16(20)10-8-13/h4-12,18,20H,3H2,1-2H3,(H,19,21). The largest absolute Gasteiger partial charge is 0.508 e. The van der Waals surface area contributed by atoms with Crippen molar-refractivity contribution in [1.82, 2.24) is 5.32 Å². The summed E-state index contributed by atoms with van der Waals surface area (Å²) in [6.07, 6.45) is 0. The van der Waals surface area contributed by atoms with E-state index in [1.54, 1.807) is 12.1 Å². The average Bonchev–Trinajstić information content (AvgIpc) is 2.48. The number of rotatable bonds is 5. The van der Waals surface area contributed by atoms with E-state index in [9.17, 15) is 9.90 Å². The maximum atomic E-state index is 12.1. The molecule has 0 aliphatic rings. The molecule has 0 heterocycles. The monoisotopic (exact) mass is 284 g/mol. The lowest BCUT2D eigenvalue weighted by Gasteiger charge is -2.14. The van der Waals surface area contributed by atoms with Crippen LogP contribution in [0.15, 0.2) is 48.5 Å². The summed E-state index contributed by atoms with van der Waals surface area (Å²) in [5.41, 5.74) is 2.40. The smallest absolute Gasteiger partial charge is 0.255 e. The molecule has 1 atom stereocenters. The molecule has 0 fully saturated rings. The molecule has 0 aliphatic carbocycles. The highest BCUT2D eigenvalue weighted by molar-refractivity contribution is 6.04. The summed E-state index contributed by atoms with van der Waals surface area (Å²) in [7, 11) is 0. The highest BCUT2D eigenvalue weighted by Gasteiger charge is 2.08. The topological polar surface area (TPSA) is 61.4 Å². The van der Waals surface area contributed by atoms with Crippen LogP contribution in [0.4, 0.5) is 5.69 Å². The molecule has 0 saturated heterocycles. The summed E-state index contributed by atoms with van der Waals surface area (Å²) < 4.78 is 0. The van der Waals surface area contributed by atoms with Crippen molar-refractivity contribution in [2.45, 2.75) is 19.9 Å². The van der Waals surface area contributed by atoms with Crippen molar-refractivity contribution >= 4 is 11.6 Å². The first-order valence-corrected chi connectivity index (χ1v) is 7.04. The Balaban J connectivity index is 2.10. The van der Waals surface area contributed by atoms with E-state index in [1.165, 1.54) is 12.1 Å². The summed E-state index contributed by atoms with van der Waals surface area (Å²) in [4.78, 5) is 12.1. The van der Waals surface area contributed by atoms with Gasteiger partial charge in [-0.25, -0.2) is 0 Å². The van der Waals surface area contributed by atoms with Crippen molar-refractivity contribution in [2.24, 2.45) is 0 Å². The summed E-state index contributed by atoms with van der Waals surface area (Å²) in [6.45, 7) is 5.04. The van der Waals surface area contributed by atoms with Gasteiger partial charge in [-0.05, 0) is 55.4 Å². The number of aromatic hydroxyl groups is 1. The van der Waals surface area contributed by atoms with Crippen LogP contribution >= 0.6 is 0 Å². The number of phenolic OH excluding ortho intramolecular Hbond substituents is 1. The van der Waals surface area contributed by atoms with Crippen LogP contribution < -0.4 is 10.6 Å². The first kappa shape index (κ1) is 15.1. The number of hydrogen-bond donors (Lipinski definition) is 3. The average molecular weight is 284 g/mol. The Morgan fingerprint density at radius 2 is 1.90 bits per heavy atom. The van der Waals surface area contributed by atoms with Crippen LogP contribution in [-0.2, 0) is 0 Å². The van der Waals surface area contributed by atoms with E-state index in [-0.39, 0.29) is 17.7 Å². The summed E-state index contributed by atoms with van der Waals surface area (Å²) in [6, 6.07) is 14.2. The van der Waals surface area contributed by atoms with E-state index in [2.05, 4.69) is 24.5 Å². The van der Waals surface area contributed by atoms with Crippen LogP contribution in [0, 0.1) is 0 Å². The molecule has 0 aromatic heterocycles. The molecule has 0 radical (unpaired) electrons. The Morgan fingerprint density at radius 3 is 2.57 bits per heavy atom. The minimum absolute atomic E-state index is 0.146. The third kappa shape index (κ3) is 4.07. The Morgan fingerprint density at radius 1 is 1.19 bits per heavy atom. The van der Waals surface area contributed by atoms with E-state index < -0.39 is 0 Å². The Hall–Kier alpha value is -2.33. The lowest BCUT2D eigenvalue weighted by atomic mass is 10.1. The van der Waals surface area contributed by atoms with Gasteiger partial charge >= 0.3 is 0 Å². The normalized spacial score (nSPS) is 11.9. The number of phenols is 1. The lowest BCUT2D eigenvalue weighted by Crippen LogP contribution is -2.18. The van der Waals surface area contributed by atoms with Crippen molar-refractivity contribution in [1.29, 1.82) is 0 Å². The van der Waals surface area contributed by atoms with Gasteiger partial charge in [-0.15, -0.1) is 0 Å². The van der Waals surface area contributed by atoms with Gasteiger partial charge in [0.2, 0.25) is 0 Å². The highest BCUT2D eigenvalue weighted by Crippen LogP contribution is 2.18. The van der Waals surface area contributed by atoms with Crippen molar-refractivity contribution in [3.05, 3.63) is 59.7 Å². The molecule has 3 N–H and O–H groups in total. The summed E-state index contributed by atoms with van der Waals surface area (Å²) >= 11 is 0. The van der Waals surface area contributed by atoms with Gasteiger partial charge in [-0.1, -0.05) is 19.1 Å². The van der Waals surface area contributed by atoms with Gasteiger partial charge in [0, 0.05) is 17.3 Å². The predicted octanol–water partition coefficient (Wildman–Crippen LogP) is 3.32. The van der Waals surface area contributed by atoms with Gasteiger partial charge in [-0.3, -0.25) is 4.79 Å². The second-order valence-corrected chi connectivity index (χ2v) is 4.91. The highest BCUT2D eigenvalue weighted by atomic mass is 16.3. The van der Waals surface area contributed by atoms with E-state index >= 15 is 0 Å². The van der Waals surface area contributed by atoms with Crippen molar-refractivity contribution in [3.8, 4) is 5.75 Å². The number of nitrogens with one attached hydrogen (secondary N) is 2. The number of benzene rings is 2. The number of anilines is 1. The molecule has 4 nitrogen and oxygen atoms in total. The molecular formula is C17H20N2O2. The predicted molar refractivity (Wildman–Crippen MR) is 84.6 cm³/mol. The van der Waals surface area contributed by atoms with Gasteiger partial charge in [0.15, 0.2) is 0 Å². The molecule has 1 amide bonds. The molecule has 4 heteroatoms. The summed E-state index contributed by atoms with van der Waals surface area (Å²) in [5.74, 6) is -0.0451. The molecule has 2 aromatic carbocycles. The molecule has 21 heavy (non-hydrogen) atoms. The van der Waals surface area contributed by atoms with Crippen LogP contribution in [0.1, 0.15) is 35.8 Å². The number of carbonyl (C=O) groups is 1. The van der Waals surface area contributed by atoms with Crippen LogP contribution in [0.25, 0.3) is 0 Å². The molecule has 0 saturated carbocycles. The second-order valence-electron chi connectivity index (χ2n) is 4.91. The molecule has 2 aromatic rings.